The fourth-order valence-corrected chi connectivity index (χ4v) is 1.52. The van der Waals surface area contributed by atoms with Crippen molar-refractivity contribution in [1.29, 1.82) is 0 Å². The summed E-state index contributed by atoms with van der Waals surface area (Å²) in [6.07, 6.45) is 0. The van der Waals surface area contributed by atoms with Crippen LogP contribution in [0.15, 0.2) is 0 Å². The van der Waals surface area contributed by atoms with Gasteiger partial charge in [-0.05, 0) is 20.8 Å². The van der Waals surface area contributed by atoms with Crippen LogP contribution in [0.5, 0.6) is 0 Å². The number of imidazole rings is 1. The molecule has 1 aliphatic heterocycles. The summed E-state index contributed by atoms with van der Waals surface area (Å²) in [5.41, 5.74) is 1.61. The molecule has 1 aromatic rings. The van der Waals surface area contributed by atoms with Crippen LogP contribution in [0.3, 0.4) is 0 Å². The average molecular weight is 303 g/mol. The Morgan fingerprint density at radius 3 is 2.24 bits per heavy atom. The smallest absolute Gasteiger partial charge is 0.374 e. The van der Waals surface area contributed by atoms with Crippen LogP contribution in [-0.2, 0) is 29.8 Å². The Hall–Kier alpha value is -1.44. The van der Waals surface area contributed by atoms with E-state index in [-0.39, 0.29) is 20.8 Å². The third kappa shape index (κ3) is 5.82. The van der Waals surface area contributed by atoms with E-state index in [4.69, 9.17) is 5.26 Å². The summed E-state index contributed by atoms with van der Waals surface area (Å²) in [6.45, 7) is 6.82. The molecule has 0 aliphatic carbocycles. The number of hydrogen-bond donors (Lipinski definition) is 2. The Bertz CT molecular complexity index is 450. The van der Waals surface area contributed by atoms with Crippen molar-refractivity contribution in [3.05, 3.63) is 17.2 Å². The second kappa shape index (κ2) is 8.76. The molecular weight excluding hydrogens is 274 g/mol. The van der Waals surface area contributed by atoms with Crippen LogP contribution in [0.25, 0.3) is 0 Å². The van der Waals surface area contributed by atoms with Gasteiger partial charge < -0.3 is 14.6 Å². The van der Waals surface area contributed by atoms with Crippen LogP contribution in [0.2, 0.25) is 0 Å². The van der Waals surface area contributed by atoms with Crippen molar-refractivity contribution in [1.82, 2.24) is 14.9 Å². The zero-order valence-electron chi connectivity index (χ0n) is 12.0. The standard InChI is InChI=1S/C8H11N3O2.C4H10O2.2CH4/c1-11-6-4-9-3-5(6)10-7(11)8(12)13-2;1-4(2,3)6-5;;/h9H,3-4H2,1-2H3;5H,1-3H3;2*1H4. The summed E-state index contributed by atoms with van der Waals surface area (Å²) < 4.78 is 6.39. The number of aromatic nitrogens is 2. The highest BCUT2D eigenvalue weighted by Gasteiger charge is 2.22. The molecule has 0 radical (unpaired) electrons. The van der Waals surface area contributed by atoms with Gasteiger partial charge in [-0.25, -0.2) is 14.7 Å². The van der Waals surface area contributed by atoms with Gasteiger partial charge >= 0.3 is 5.97 Å². The first-order chi connectivity index (χ1) is 8.80. The number of hydrogen-bond acceptors (Lipinski definition) is 6. The van der Waals surface area contributed by atoms with Gasteiger partial charge in [-0.3, -0.25) is 5.26 Å². The van der Waals surface area contributed by atoms with Crippen molar-refractivity contribution in [3.63, 3.8) is 0 Å². The predicted octanol–water partition coefficient (Wildman–Crippen LogP) is 2.36. The minimum Gasteiger partial charge on any atom is -0.463 e. The van der Waals surface area contributed by atoms with Crippen LogP contribution in [0.1, 0.15) is 57.6 Å². The van der Waals surface area contributed by atoms with Crippen LogP contribution < -0.4 is 5.32 Å². The van der Waals surface area contributed by atoms with Crippen molar-refractivity contribution in [2.24, 2.45) is 7.05 Å². The summed E-state index contributed by atoms with van der Waals surface area (Å²) in [5, 5.41) is 11.1. The molecule has 0 fully saturated rings. The summed E-state index contributed by atoms with van der Waals surface area (Å²) in [5.74, 6) is 0.00546. The Labute approximate surface area is 127 Å². The van der Waals surface area contributed by atoms with Gasteiger partial charge in [0.15, 0.2) is 0 Å². The third-order valence-electron chi connectivity index (χ3n) is 2.52. The van der Waals surface area contributed by atoms with Crippen molar-refractivity contribution in [2.45, 2.75) is 54.3 Å². The Morgan fingerprint density at radius 1 is 1.33 bits per heavy atom. The van der Waals surface area contributed by atoms with Crippen LogP contribution in [0, 0.1) is 0 Å². The molecule has 2 N–H and O–H groups in total. The molecule has 0 saturated carbocycles. The number of methoxy groups -OCH3 is 1. The van der Waals surface area contributed by atoms with Crippen LogP contribution >= 0.6 is 0 Å². The molecule has 7 heteroatoms. The highest BCUT2D eigenvalue weighted by atomic mass is 17.1. The van der Waals surface area contributed by atoms with E-state index in [1.807, 2.05) is 7.05 Å². The van der Waals surface area contributed by atoms with Gasteiger partial charge in [0.05, 0.1) is 24.1 Å². The second-order valence-corrected chi connectivity index (χ2v) is 5.19. The average Bonchev–Trinajstić information content (AvgIpc) is 2.92. The van der Waals surface area contributed by atoms with E-state index in [0.717, 1.165) is 24.5 Å². The number of ether oxygens (including phenoxy) is 1. The van der Waals surface area contributed by atoms with Gasteiger partial charge in [-0.2, -0.15) is 0 Å². The quantitative estimate of drug-likeness (QED) is 0.470. The van der Waals surface area contributed by atoms with E-state index >= 15 is 0 Å². The fourth-order valence-electron chi connectivity index (χ4n) is 1.52. The molecule has 7 nitrogen and oxygen atoms in total. The summed E-state index contributed by atoms with van der Waals surface area (Å²) in [7, 11) is 3.19. The lowest BCUT2D eigenvalue weighted by Crippen LogP contribution is -2.15. The summed E-state index contributed by atoms with van der Waals surface area (Å²) in [4.78, 5) is 19.3. The molecule has 1 aromatic heterocycles. The molecule has 0 atom stereocenters. The van der Waals surface area contributed by atoms with E-state index in [0.29, 0.717) is 5.82 Å². The zero-order valence-corrected chi connectivity index (χ0v) is 12.0. The maximum Gasteiger partial charge on any atom is 0.374 e. The Morgan fingerprint density at radius 2 is 1.86 bits per heavy atom. The first-order valence-corrected chi connectivity index (χ1v) is 5.96. The first kappa shape index (κ1) is 21.9. The van der Waals surface area contributed by atoms with Crippen LogP contribution in [0.4, 0.5) is 0 Å². The number of nitrogens with zero attached hydrogens (tertiary/aromatic N) is 2. The monoisotopic (exact) mass is 303 g/mol. The number of esters is 1. The normalized spacial score (nSPS) is 12.3. The molecule has 0 amide bonds. The lowest BCUT2D eigenvalue weighted by atomic mass is 10.2. The summed E-state index contributed by atoms with van der Waals surface area (Å²) in [6, 6.07) is 0. The molecule has 0 bridgehead atoms. The molecular formula is C14H29N3O4. The SMILES string of the molecule is C.C.CC(C)(C)OO.COC(=O)c1nc2c(n1C)CNC2. The highest BCUT2D eigenvalue weighted by Crippen LogP contribution is 2.15. The molecule has 0 saturated heterocycles. The maximum atomic E-state index is 11.2. The molecule has 2 rings (SSSR count). The van der Waals surface area contributed by atoms with Gasteiger partial charge in [-0.15, -0.1) is 0 Å². The maximum absolute atomic E-state index is 11.2. The van der Waals surface area contributed by atoms with Crippen molar-refractivity contribution >= 4 is 5.97 Å². The van der Waals surface area contributed by atoms with E-state index < -0.39 is 5.60 Å². The topological polar surface area (TPSA) is 85.6 Å². The zero-order chi connectivity index (χ0) is 14.6. The second-order valence-electron chi connectivity index (χ2n) is 5.19. The number of nitrogens with one attached hydrogen (secondary N) is 1. The Kier molecular flexibility index (Phi) is 9.12. The van der Waals surface area contributed by atoms with Crippen molar-refractivity contribution < 1.29 is 19.7 Å². The molecule has 1 aliphatic rings. The molecule has 124 valence electrons. The lowest BCUT2D eigenvalue weighted by Gasteiger charge is -2.10. The largest absolute Gasteiger partial charge is 0.463 e. The van der Waals surface area contributed by atoms with Gasteiger partial charge in [0.25, 0.3) is 0 Å². The van der Waals surface area contributed by atoms with Gasteiger partial charge in [0, 0.05) is 20.1 Å². The lowest BCUT2D eigenvalue weighted by molar-refractivity contribution is -0.306. The molecule has 0 aromatic carbocycles. The molecule has 0 spiro atoms. The number of carbonyl (C=O) groups excluding carboxylic acids is 1. The van der Waals surface area contributed by atoms with Crippen molar-refractivity contribution in [3.8, 4) is 0 Å². The molecule has 2 heterocycles. The minimum absolute atomic E-state index is 0. The third-order valence-corrected chi connectivity index (χ3v) is 2.52. The highest BCUT2D eigenvalue weighted by molar-refractivity contribution is 5.85. The van der Waals surface area contributed by atoms with Crippen molar-refractivity contribution in [2.75, 3.05) is 7.11 Å². The summed E-state index contributed by atoms with van der Waals surface area (Å²) >= 11 is 0. The van der Waals surface area contributed by atoms with E-state index in [1.54, 1.807) is 25.3 Å². The minimum atomic E-state index is -0.403. The van der Waals surface area contributed by atoms with Crippen LogP contribution in [-0.4, -0.2) is 33.5 Å². The van der Waals surface area contributed by atoms with E-state index in [2.05, 4.69) is 19.9 Å². The fraction of sp³-hybridized carbons (Fsp3) is 0.714. The number of fused-ring (bicyclic) bond motifs is 1. The number of rotatable bonds is 1. The Balaban J connectivity index is 0. The van der Waals surface area contributed by atoms with Gasteiger partial charge in [0.2, 0.25) is 5.82 Å². The molecule has 21 heavy (non-hydrogen) atoms. The van der Waals surface area contributed by atoms with Gasteiger partial charge in [0.1, 0.15) is 0 Å². The first-order valence-electron chi connectivity index (χ1n) is 5.96. The molecule has 0 unspecified atom stereocenters. The number of carbonyl (C=O) groups is 1. The van der Waals surface area contributed by atoms with Gasteiger partial charge in [-0.1, -0.05) is 14.9 Å². The predicted molar refractivity (Wildman–Crippen MR) is 82.0 cm³/mol. The van der Waals surface area contributed by atoms with E-state index in [1.165, 1.54) is 7.11 Å². The van der Waals surface area contributed by atoms with E-state index in [9.17, 15) is 4.79 Å².